The van der Waals surface area contributed by atoms with Crippen LogP contribution in [0.5, 0.6) is 0 Å². The van der Waals surface area contributed by atoms with Crippen LogP contribution in [0.2, 0.25) is 0 Å². The maximum atomic E-state index is 10.8. The molecule has 0 saturated carbocycles. The van der Waals surface area contributed by atoms with Crippen LogP contribution in [0.25, 0.3) is 0 Å². The molecular formula is C17H23IN2O2. The third-order valence-electron chi connectivity index (χ3n) is 2.96. The van der Waals surface area contributed by atoms with Gasteiger partial charge < -0.3 is 15.8 Å². The number of alkyl halides is 1. The van der Waals surface area contributed by atoms with Crippen molar-refractivity contribution in [1.82, 2.24) is 0 Å². The van der Waals surface area contributed by atoms with E-state index in [0.29, 0.717) is 12.3 Å². The molecule has 0 aromatic heterocycles. The molecule has 0 heterocycles. The van der Waals surface area contributed by atoms with E-state index >= 15 is 0 Å². The molecule has 5 heteroatoms. The molecule has 0 spiro atoms. The summed E-state index contributed by atoms with van der Waals surface area (Å²) in [6.45, 7) is 1.20. The second-order valence-corrected chi connectivity index (χ2v) is 5.96. The topological polar surface area (TPSA) is 64.4 Å². The van der Waals surface area contributed by atoms with E-state index in [1.165, 1.54) is 30.1 Å². The third-order valence-corrected chi connectivity index (χ3v) is 3.72. The lowest BCUT2D eigenvalue weighted by atomic mass is 10.2. The molecule has 0 aliphatic rings. The van der Waals surface area contributed by atoms with Crippen LogP contribution in [0.3, 0.4) is 0 Å². The molecule has 0 bridgehead atoms. The quantitative estimate of drug-likeness (QED) is 0.278. The third kappa shape index (κ3) is 9.64. The number of amides is 2. The second-order valence-electron chi connectivity index (χ2n) is 4.88. The maximum absolute atomic E-state index is 10.8. The molecule has 0 aliphatic carbocycles. The summed E-state index contributed by atoms with van der Waals surface area (Å²) in [5.74, 6) is 5.99. The highest BCUT2D eigenvalue weighted by Gasteiger charge is 1.96. The Balaban J connectivity index is 2.17. The van der Waals surface area contributed by atoms with Gasteiger partial charge in [0.2, 0.25) is 0 Å². The number of nitrogens with two attached hydrogens (primary N) is 1. The largest absolute Gasteiger partial charge is 0.369 e. The van der Waals surface area contributed by atoms with Gasteiger partial charge in [0.25, 0.3) is 0 Å². The second kappa shape index (κ2) is 12.3. The first-order valence-electron chi connectivity index (χ1n) is 7.51. The maximum Gasteiger partial charge on any atom is 0.316 e. The first-order valence-corrected chi connectivity index (χ1v) is 9.04. The number of unbranched alkanes of at least 4 members (excludes halogenated alkanes) is 4. The zero-order valence-corrected chi connectivity index (χ0v) is 14.9. The van der Waals surface area contributed by atoms with Crippen molar-refractivity contribution in [2.45, 2.75) is 32.1 Å². The summed E-state index contributed by atoms with van der Waals surface area (Å²) < 4.78 is 6.74. The van der Waals surface area contributed by atoms with Crippen LogP contribution in [0, 0.1) is 11.8 Å². The van der Waals surface area contributed by atoms with Crippen LogP contribution in [-0.4, -0.2) is 23.7 Å². The number of hydrogen-bond donors (Lipinski definition) is 2. The molecule has 22 heavy (non-hydrogen) atoms. The summed E-state index contributed by atoms with van der Waals surface area (Å²) in [5, 5.41) is 2.52. The molecule has 0 atom stereocenters. The first-order chi connectivity index (χ1) is 10.7. The Bertz CT molecular complexity index is 509. The Hall–Kier alpha value is -1.26. The number of anilines is 1. The number of rotatable bonds is 9. The van der Waals surface area contributed by atoms with Crippen molar-refractivity contribution in [3.63, 3.8) is 0 Å². The molecule has 0 fully saturated rings. The Labute approximate surface area is 146 Å². The fraction of sp³-hybridized carbons (Fsp3) is 0.471. The fourth-order valence-electron chi connectivity index (χ4n) is 1.91. The van der Waals surface area contributed by atoms with Crippen molar-refractivity contribution < 1.29 is 9.53 Å². The van der Waals surface area contributed by atoms with Crippen molar-refractivity contribution in [2.75, 3.05) is 23.0 Å². The van der Waals surface area contributed by atoms with Crippen LogP contribution >= 0.6 is 22.6 Å². The van der Waals surface area contributed by atoms with E-state index in [2.05, 4.69) is 39.7 Å². The smallest absolute Gasteiger partial charge is 0.316 e. The van der Waals surface area contributed by atoms with E-state index in [4.69, 9.17) is 10.5 Å². The number of hydrogen-bond acceptors (Lipinski definition) is 2. The average molecular weight is 414 g/mol. The number of halogens is 1. The molecule has 2 amide bonds. The standard InChI is InChI=1S/C17H23IN2O2/c18-11-4-2-1-3-5-12-22-13-7-9-15-8-6-10-16(14-15)20-17(19)21/h6,8,10,14H,1-5,11-13H2,(H3,19,20,21). The van der Waals surface area contributed by atoms with Gasteiger partial charge in [0.15, 0.2) is 0 Å². The molecule has 1 aromatic carbocycles. The van der Waals surface area contributed by atoms with Crippen LogP contribution in [0.1, 0.15) is 37.7 Å². The molecular weight excluding hydrogens is 391 g/mol. The van der Waals surface area contributed by atoms with Crippen LogP contribution < -0.4 is 11.1 Å². The lowest BCUT2D eigenvalue weighted by Crippen LogP contribution is -2.19. The normalized spacial score (nSPS) is 9.86. The van der Waals surface area contributed by atoms with Gasteiger partial charge in [-0.1, -0.05) is 59.8 Å². The van der Waals surface area contributed by atoms with Gasteiger partial charge in [-0.05, 0) is 35.5 Å². The van der Waals surface area contributed by atoms with Gasteiger partial charge in [0, 0.05) is 17.9 Å². The Morgan fingerprint density at radius 3 is 2.77 bits per heavy atom. The predicted octanol–water partition coefficient (Wildman–Crippen LogP) is 3.93. The van der Waals surface area contributed by atoms with Gasteiger partial charge in [-0.15, -0.1) is 0 Å². The molecule has 4 nitrogen and oxygen atoms in total. The van der Waals surface area contributed by atoms with Crippen molar-refractivity contribution in [2.24, 2.45) is 5.73 Å². The summed E-state index contributed by atoms with van der Waals surface area (Å²) >= 11 is 2.42. The molecule has 1 rings (SSSR count). The van der Waals surface area contributed by atoms with Crippen molar-refractivity contribution in [3.8, 4) is 11.8 Å². The van der Waals surface area contributed by atoms with E-state index in [9.17, 15) is 4.79 Å². The molecule has 0 radical (unpaired) electrons. The molecule has 120 valence electrons. The van der Waals surface area contributed by atoms with Gasteiger partial charge >= 0.3 is 6.03 Å². The minimum Gasteiger partial charge on any atom is -0.369 e. The summed E-state index contributed by atoms with van der Waals surface area (Å²) in [6, 6.07) is 6.68. The number of carbonyl (C=O) groups is 1. The summed E-state index contributed by atoms with van der Waals surface area (Å²) in [7, 11) is 0. The number of benzene rings is 1. The summed E-state index contributed by atoms with van der Waals surface area (Å²) in [6.07, 6.45) is 6.25. The lowest BCUT2D eigenvalue weighted by molar-refractivity contribution is 0.162. The molecule has 0 saturated heterocycles. The zero-order valence-electron chi connectivity index (χ0n) is 12.7. The van der Waals surface area contributed by atoms with Crippen molar-refractivity contribution >= 4 is 34.3 Å². The van der Waals surface area contributed by atoms with Crippen molar-refractivity contribution in [3.05, 3.63) is 29.8 Å². The van der Waals surface area contributed by atoms with Gasteiger partial charge in [-0.2, -0.15) is 0 Å². The highest BCUT2D eigenvalue weighted by atomic mass is 127. The Kier molecular flexibility index (Phi) is 10.5. The first kappa shape index (κ1) is 18.8. The van der Waals surface area contributed by atoms with Gasteiger partial charge in [-0.25, -0.2) is 4.79 Å². The number of primary amides is 1. The Morgan fingerprint density at radius 2 is 2.00 bits per heavy atom. The number of nitrogens with one attached hydrogen (secondary N) is 1. The van der Waals surface area contributed by atoms with Gasteiger partial charge in [0.05, 0.1) is 0 Å². The highest BCUT2D eigenvalue weighted by molar-refractivity contribution is 14.1. The minimum absolute atomic E-state index is 0.432. The molecule has 0 unspecified atom stereocenters. The van der Waals surface area contributed by atoms with E-state index in [1.54, 1.807) is 12.1 Å². The summed E-state index contributed by atoms with van der Waals surface area (Å²) in [5.41, 5.74) is 6.55. The predicted molar refractivity (Wildman–Crippen MR) is 99.3 cm³/mol. The summed E-state index contributed by atoms with van der Waals surface area (Å²) in [4.78, 5) is 10.8. The number of ether oxygens (including phenoxy) is 1. The van der Waals surface area contributed by atoms with Crippen LogP contribution in [0.15, 0.2) is 24.3 Å². The molecule has 0 aliphatic heterocycles. The molecule has 3 N–H and O–H groups in total. The van der Waals surface area contributed by atoms with E-state index in [1.807, 2.05) is 12.1 Å². The zero-order chi connectivity index (χ0) is 16.0. The highest BCUT2D eigenvalue weighted by Crippen LogP contribution is 2.09. The number of urea groups is 1. The van der Waals surface area contributed by atoms with Crippen LogP contribution in [0.4, 0.5) is 10.5 Å². The fourth-order valence-corrected chi connectivity index (χ4v) is 2.45. The van der Waals surface area contributed by atoms with E-state index in [-0.39, 0.29) is 0 Å². The monoisotopic (exact) mass is 414 g/mol. The van der Waals surface area contributed by atoms with Crippen LogP contribution in [-0.2, 0) is 4.74 Å². The van der Waals surface area contributed by atoms with Gasteiger partial charge in [0.1, 0.15) is 6.61 Å². The minimum atomic E-state index is -0.577. The van der Waals surface area contributed by atoms with Crippen molar-refractivity contribution in [1.29, 1.82) is 0 Å². The number of carbonyl (C=O) groups excluding carboxylic acids is 1. The van der Waals surface area contributed by atoms with E-state index < -0.39 is 6.03 Å². The lowest BCUT2D eigenvalue weighted by Gasteiger charge is -2.01. The average Bonchev–Trinajstić information content (AvgIpc) is 2.49. The molecule has 1 aromatic rings. The van der Waals surface area contributed by atoms with Gasteiger partial charge in [-0.3, -0.25) is 0 Å². The van der Waals surface area contributed by atoms with E-state index in [0.717, 1.165) is 18.6 Å². The SMILES string of the molecule is NC(=O)Nc1cccc(C#CCOCCCCCCCI)c1. The Morgan fingerprint density at radius 1 is 1.23 bits per heavy atom.